The quantitative estimate of drug-likeness (QED) is 0.114. The van der Waals surface area contributed by atoms with Crippen LogP contribution in [0.1, 0.15) is 43.2 Å². The maximum atomic E-state index is 12.6. The van der Waals surface area contributed by atoms with E-state index in [9.17, 15) is 4.57 Å². The van der Waals surface area contributed by atoms with Crippen molar-refractivity contribution in [1.82, 2.24) is 15.0 Å². The topological polar surface area (TPSA) is 55.7 Å². The second-order valence-electron chi connectivity index (χ2n) is 16.6. The molecule has 1 heterocycles. The van der Waals surface area contributed by atoms with Crippen molar-refractivity contribution in [2.45, 2.75) is 37.5 Å². The molecule has 4 nitrogen and oxygen atoms in total. The van der Waals surface area contributed by atoms with Crippen LogP contribution in [0.25, 0.3) is 78.0 Å². The van der Waals surface area contributed by atoms with Crippen LogP contribution in [-0.2, 0) is 9.98 Å². The van der Waals surface area contributed by atoms with E-state index in [2.05, 4.69) is 164 Å². The molecule has 0 saturated heterocycles. The van der Waals surface area contributed by atoms with Crippen LogP contribution in [0.4, 0.5) is 0 Å². The van der Waals surface area contributed by atoms with Gasteiger partial charge in [0.15, 0.2) is 17.5 Å². The molecule has 1 aliphatic carbocycles. The Kier molecular flexibility index (Phi) is 9.82. The van der Waals surface area contributed by atoms with Gasteiger partial charge in [0.05, 0.1) is 0 Å². The van der Waals surface area contributed by atoms with E-state index >= 15 is 0 Å². The summed E-state index contributed by atoms with van der Waals surface area (Å²) in [5, 5.41) is 5.45. The summed E-state index contributed by atoms with van der Waals surface area (Å²) in [7, 11) is -2.30. The second kappa shape index (κ2) is 15.6. The summed E-state index contributed by atoms with van der Waals surface area (Å²) >= 11 is 0. The zero-order valence-electron chi connectivity index (χ0n) is 34.1. The smallest absolute Gasteiger partial charge is 0.165 e. The normalized spacial score (nSPS) is 14.0. The van der Waals surface area contributed by atoms with Gasteiger partial charge in [0.25, 0.3) is 0 Å². The zero-order valence-corrected chi connectivity index (χ0v) is 34.9. The van der Waals surface area contributed by atoms with Crippen molar-refractivity contribution in [1.29, 1.82) is 0 Å². The van der Waals surface area contributed by atoms with Crippen LogP contribution in [0.3, 0.4) is 0 Å². The maximum absolute atomic E-state index is 12.6. The lowest BCUT2D eigenvalue weighted by molar-refractivity contribution is 0.346. The first-order valence-corrected chi connectivity index (χ1v) is 23.6. The minimum Gasteiger partial charge on any atom is -0.319 e. The Balaban J connectivity index is 1.06. The van der Waals surface area contributed by atoms with E-state index in [0.717, 1.165) is 67.5 Å². The molecule has 0 bridgehead atoms. The third-order valence-electron chi connectivity index (χ3n) is 12.5. The van der Waals surface area contributed by atoms with Crippen LogP contribution in [-0.4, -0.2) is 28.3 Å². The molecule has 10 rings (SSSR count). The predicted molar refractivity (Wildman–Crippen MR) is 251 cm³/mol. The van der Waals surface area contributed by atoms with E-state index in [0.29, 0.717) is 17.5 Å². The van der Waals surface area contributed by atoms with Gasteiger partial charge in [-0.1, -0.05) is 195 Å². The lowest BCUT2D eigenvalue weighted by Gasteiger charge is -2.39. The van der Waals surface area contributed by atoms with Crippen LogP contribution in [0.2, 0.25) is 0 Å². The molecule has 1 aromatic heterocycles. The van der Waals surface area contributed by atoms with Gasteiger partial charge in [-0.25, -0.2) is 15.0 Å². The monoisotopic (exact) mass is 795 g/mol. The molecule has 0 radical (unpaired) electrons. The van der Waals surface area contributed by atoms with Crippen molar-refractivity contribution in [2.24, 2.45) is 0 Å². The summed E-state index contributed by atoms with van der Waals surface area (Å²) in [5.41, 5.74) is 10.2. The fourth-order valence-electron chi connectivity index (χ4n) is 9.28. The lowest BCUT2D eigenvalue weighted by Crippen LogP contribution is -2.30. The average Bonchev–Trinajstić information content (AvgIpc) is 3.31. The van der Waals surface area contributed by atoms with Crippen LogP contribution in [0, 0.1) is 0 Å². The second-order valence-corrected chi connectivity index (χ2v) is 19.9. The number of aromatic nitrogens is 3. The Morgan fingerprint density at radius 3 is 1.33 bits per heavy atom. The first kappa shape index (κ1) is 37.8. The third kappa shape index (κ3) is 7.16. The lowest BCUT2D eigenvalue weighted by atomic mass is 9.65. The molecule has 0 spiro atoms. The van der Waals surface area contributed by atoms with Crippen molar-refractivity contribution in [2.75, 3.05) is 13.3 Å². The molecule has 0 amide bonds. The molecule has 292 valence electrons. The summed E-state index contributed by atoms with van der Waals surface area (Å²) in [4.78, 5) is 15.8. The average molecular weight is 796 g/mol. The number of hydrogen-bond acceptors (Lipinski definition) is 4. The molecule has 9 aromatic rings. The molecule has 60 heavy (non-hydrogen) atoms. The molecule has 8 aromatic carbocycles. The van der Waals surface area contributed by atoms with Crippen LogP contribution in [0.15, 0.2) is 182 Å². The van der Waals surface area contributed by atoms with Gasteiger partial charge in [0, 0.05) is 27.4 Å². The molecule has 0 unspecified atom stereocenters. The zero-order chi connectivity index (χ0) is 40.7. The molecular weight excluding hydrogens is 750 g/mol. The highest BCUT2D eigenvalue weighted by atomic mass is 31.2. The van der Waals surface area contributed by atoms with Gasteiger partial charge >= 0.3 is 0 Å². The molecular formula is C55H46N3OP. The third-order valence-corrected chi connectivity index (χ3v) is 14.1. The molecule has 0 atom stereocenters. The Morgan fingerprint density at radius 1 is 0.417 bits per heavy atom. The Hall–Kier alpha value is -6.48. The van der Waals surface area contributed by atoms with Crippen molar-refractivity contribution in [3.05, 3.63) is 193 Å². The number of rotatable bonds is 8. The summed E-state index contributed by atoms with van der Waals surface area (Å²) in [6.07, 6.45) is 5.86. The minimum absolute atomic E-state index is 0.0754. The van der Waals surface area contributed by atoms with Crippen LogP contribution < -0.4 is 5.30 Å². The SMILES string of the molecule is CP(C)(=O)c1ccc(-c2ccc(C3(c4ccc(-c5nc(-c6ccc(-c7ccccc7)cc6)nc(-c6c7ccccc7cc7ccccc67)n5)cc4)CCCCC3)cc2)cc1. The van der Waals surface area contributed by atoms with Crippen molar-refractivity contribution in [3.63, 3.8) is 0 Å². The Labute approximate surface area is 352 Å². The first-order chi connectivity index (χ1) is 29.3. The molecule has 0 aliphatic heterocycles. The van der Waals surface area contributed by atoms with Crippen LogP contribution in [0.5, 0.6) is 0 Å². The molecule has 1 saturated carbocycles. The Bertz CT molecular complexity index is 2970. The molecule has 0 N–H and O–H groups in total. The van der Waals surface area contributed by atoms with Crippen molar-refractivity contribution in [3.8, 4) is 56.4 Å². The van der Waals surface area contributed by atoms with E-state index < -0.39 is 7.14 Å². The van der Waals surface area contributed by atoms with E-state index in [1.807, 2.05) is 31.5 Å². The van der Waals surface area contributed by atoms with Gasteiger partial charge in [0.2, 0.25) is 0 Å². The van der Waals surface area contributed by atoms with Gasteiger partial charge in [-0.15, -0.1) is 0 Å². The van der Waals surface area contributed by atoms with Crippen molar-refractivity contribution >= 4 is 34.0 Å². The van der Waals surface area contributed by atoms with Crippen molar-refractivity contribution < 1.29 is 4.57 Å². The number of fused-ring (bicyclic) bond motifs is 2. The highest BCUT2D eigenvalue weighted by molar-refractivity contribution is 7.70. The van der Waals surface area contributed by atoms with Gasteiger partial charge in [-0.05, 0) is 87.2 Å². The van der Waals surface area contributed by atoms with E-state index in [4.69, 9.17) is 15.0 Å². The summed E-state index contributed by atoms with van der Waals surface area (Å²) in [6.45, 7) is 3.65. The van der Waals surface area contributed by atoms with Gasteiger partial charge in [-0.2, -0.15) is 0 Å². The number of nitrogens with zero attached hydrogens (tertiary/aromatic N) is 3. The molecule has 1 aliphatic rings. The van der Waals surface area contributed by atoms with E-state index in [1.54, 1.807) is 0 Å². The number of hydrogen-bond donors (Lipinski definition) is 0. The largest absolute Gasteiger partial charge is 0.319 e. The number of benzene rings is 8. The Morgan fingerprint density at radius 2 is 0.817 bits per heavy atom. The van der Waals surface area contributed by atoms with Crippen LogP contribution >= 0.6 is 7.14 Å². The summed E-state index contributed by atoms with van der Waals surface area (Å²) in [6, 6.07) is 64.7. The maximum Gasteiger partial charge on any atom is 0.165 e. The standard InChI is InChI=1S/C55H46N3OP/c1-60(2,59)48-33-27-41(28-34-48)40-23-29-46(30-24-40)55(35-11-4-12-36-55)47-31-25-43(26-32-47)53-56-52(42-21-19-39(20-22-42)38-13-5-3-6-14-38)57-54(58-53)51-49-17-9-7-15-44(49)37-45-16-8-10-18-50(45)51/h3,5-10,13-34,37H,4,11-12,35-36H2,1-2H3. The van der Waals surface area contributed by atoms with Gasteiger partial charge in [-0.3, -0.25) is 0 Å². The highest BCUT2D eigenvalue weighted by Gasteiger charge is 2.35. The molecule has 5 heteroatoms. The summed E-state index contributed by atoms with van der Waals surface area (Å²) < 4.78 is 12.6. The van der Waals surface area contributed by atoms with E-state index in [1.165, 1.54) is 41.5 Å². The molecule has 1 fully saturated rings. The first-order valence-electron chi connectivity index (χ1n) is 21.0. The predicted octanol–water partition coefficient (Wildman–Crippen LogP) is 14.0. The fraction of sp³-hybridized carbons (Fsp3) is 0.145. The fourth-order valence-corrected chi connectivity index (χ4v) is 10.1. The minimum atomic E-state index is -2.30. The highest BCUT2D eigenvalue weighted by Crippen LogP contribution is 2.46. The summed E-state index contributed by atoms with van der Waals surface area (Å²) in [5.74, 6) is 1.96. The van der Waals surface area contributed by atoms with Gasteiger partial charge in [0.1, 0.15) is 7.14 Å². The van der Waals surface area contributed by atoms with E-state index in [-0.39, 0.29) is 5.41 Å². The van der Waals surface area contributed by atoms with Gasteiger partial charge < -0.3 is 4.57 Å².